The van der Waals surface area contributed by atoms with Crippen LogP contribution in [0.1, 0.15) is 19.8 Å². The second kappa shape index (κ2) is 8.04. The Morgan fingerprint density at radius 1 is 1.18 bits per heavy atom. The number of para-hydroxylation sites is 2. The number of carbonyl (C=O) groups is 1. The molecule has 1 fully saturated rings. The van der Waals surface area contributed by atoms with Gasteiger partial charge in [0.05, 0.1) is 11.4 Å². The molecule has 22 heavy (non-hydrogen) atoms. The van der Waals surface area contributed by atoms with Crippen LogP contribution in [-0.2, 0) is 4.79 Å². The van der Waals surface area contributed by atoms with E-state index in [-0.39, 0.29) is 30.7 Å². The first kappa shape index (κ1) is 19.1. The van der Waals surface area contributed by atoms with Crippen molar-refractivity contribution in [2.24, 2.45) is 5.92 Å². The Bertz CT molecular complexity index is 512. The van der Waals surface area contributed by atoms with Crippen molar-refractivity contribution >= 4 is 42.1 Å². The van der Waals surface area contributed by atoms with Crippen molar-refractivity contribution in [1.82, 2.24) is 5.32 Å². The number of halogens is 2. The molecule has 0 aliphatic carbocycles. The van der Waals surface area contributed by atoms with Crippen molar-refractivity contribution in [1.29, 1.82) is 0 Å². The van der Waals surface area contributed by atoms with Crippen LogP contribution in [0.5, 0.6) is 0 Å². The largest absolute Gasteiger partial charge is 0.371 e. The van der Waals surface area contributed by atoms with Crippen LogP contribution in [0.15, 0.2) is 24.3 Å². The first-order valence-electron chi connectivity index (χ1n) is 7.51. The molecule has 2 heterocycles. The number of anilines is 2. The molecule has 2 atom stereocenters. The van der Waals surface area contributed by atoms with Gasteiger partial charge in [0.25, 0.3) is 0 Å². The van der Waals surface area contributed by atoms with Crippen LogP contribution in [0.2, 0.25) is 0 Å². The number of hydrogen-bond donors (Lipinski definition) is 1. The SMILES string of the molecule is C[C@H]1C[C@@H](C(=O)N2CCN(C)c3ccccc32)CCN1.Cl.Cl. The molecular formula is C16H25Cl2N3O. The quantitative estimate of drug-likeness (QED) is 0.849. The smallest absolute Gasteiger partial charge is 0.230 e. The van der Waals surface area contributed by atoms with Crippen LogP contribution < -0.4 is 15.1 Å². The van der Waals surface area contributed by atoms with Gasteiger partial charge in [0.2, 0.25) is 5.91 Å². The molecule has 2 aliphatic heterocycles. The molecule has 1 N–H and O–H groups in total. The predicted octanol–water partition coefficient (Wildman–Crippen LogP) is 2.70. The molecule has 0 radical (unpaired) electrons. The fourth-order valence-corrected chi connectivity index (χ4v) is 3.31. The van der Waals surface area contributed by atoms with Crippen molar-refractivity contribution in [3.8, 4) is 0 Å². The van der Waals surface area contributed by atoms with Gasteiger partial charge in [-0.3, -0.25) is 4.79 Å². The van der Waals surface area contributed by atoms with Crippen molar-refractivity contribution < 1.29 is 4.79 Å². The Labute approximate surface area is 145 Å². The molecule has 0 spiro atoms. The Hall–Kier alpha value is -0.970. The van der Waals surface area contributed by atoms with Gasteiger partial charge in [-0.2, -0.15) is 0 Å². The Balaban J connectivity index is 0.00000121. The Kier molecular flexibility index (Phi) is 6.98. The summed E-state index contributed by atoms with van der Waals surface area (Å²) in [5.74, 6) is 0.474. The lowest BCUT2D eigenvalue weighted by Crippen LogP contribution is -2.48. The fraction of sp³-hybridized carbons (Fsp3) is 0.562. The van der Waals surface area contributed by atoms with E-state index < -0.39 is 0 Å². The highest BCUT2D eigenvalue weighted by atomic mass is 35.5. The standard InChI is InChI=1S/C16H23N3O.2ClH/c1-12-11-13(7-8-17-12)16(20)19-10-9-18(2)14-5-3-4-6-15(14)19;;/h3-6,12-13,17H,7-11H2,1-2H3;2*1H/t12-,13-;;/m0../s1. The van der Waals surface area contributed by atoms with Gasteiger partial charge in [-0.05, 0) is 38.4 Å². The van der Waals surface area contributed by atoms with E-state index in [1.54, 1.807) is 0 Å². The van der Waals surface area contributed by atoms with Gasteiger partial charge in [0.15, 0.2) is 0 Å². The van der Waals surface area contributed by atoms with Gasteiger partial charge in [-0.25, -0.2) is 0 Å². The number of nitrogens with zero attached hydrogens (tertiary/aromatic N) is 2. The molecule has 6 heteroatoms. The summed E-state index contributed by atoms with van der Waals surface area (Å²) < 4.78 is 0. The van der Waals surface area contributed by atoms with Gasteiger partial charge in [-0.15, -0.1) is 24.8 Å². The average Bonchev–Trinajstić information content (AvgIpc) is 2.47. The molecule has 1 aromatic carbocycles. The van der Waals surface area contributed by atoms with Crippen molar-refractivity contribution in [2.75, 3.05) is 36.5 Å². The summed E-state index contributed by atoms with van der Waals surface area (Å²) in [7, 11) is 2.09. The third-order valence-corrected chi connectivity index (χ3v) is 4.48. The lowest BCUT2D eigenvalue weighted by atomic mass is 9.91. The first-order valence-corrected chi connectivity index (χ1v) is 7.51. The summed E-state index contributed by atoms with van der Waals surface area (Å²) in [6.07, 6.45) is 1.91. The van der Waals surface area contributed by atoms with Gasteiger partial charge < -0.3 is 15.1 Å². The van der Waals surface area contributed by atoms with Crippen LogP contribution in [-0.4, -0.2) is 38.6 Å². The topological polar surface area (TPSA) is 35.6 Å². The molecule has 0 aromatic heterocycles. The molecule has 2 aliphatic rings. The van der Waals surface area contributed by atoms with Crippen LogP contribution in [0.4, 0.5) is 11.4 Å². The van der Waals surface area contributed by atoms with Crippen LogP contribution in [0, 0.1) is 5.92 Å². The van der Waals surface area contributed by atoms with Gasteiger partial charge >= 0.3 is 0 Å². The highest BCUT2D eigenvalue weighted by Gasteiger charge is 2.32. The number of nitrogens with one attached hydrogen (secondary N) is 1. The highest BCUT2D eigenvalue weighted by Crippen LogP contribution is 2.33. The Morgan fingerprint density at radius 2 is 1.86 bits per heavy atom. The number of piperidine rings is 1. The maximum atomic E-state index is 12.8. The molecule has 1 saturated heterocycles. The van der Waals surface area contributed by atoms with Crippen molar-refractivity contribution in [3.05, 3.63) is 24.3 Å². The minimum absolute atomic E-state index is 0. The fourth-order valence-electron chi connectivity index (χ4n) is 3.31. The van der Waals surface area contributed by atoms with E-state index in [9.17, 15) is 4.79 Å². The van der Waals surface area contributed by atoms with Gasteiger partial charge in [0, 0.05) is 32.1 Å². The maximum Gasteiger partial charge on any atom is 0.230 e. The number of benzene rings is 1. The highest BCUT2D eigenvalue weighted by molar-refractivity contribution is 5.99. The number of carbonyl (C=O) groups excluding carboxylic acids is 1. The van der Waals surface area contributed by atoms with E-state index in [0.717, 1.165) is 43.9 Å². The number of hydrogen-bond acceptors (Lipinski definition) is 3. The average molecular weight is 346 g/mol. The van der Waals surface area contributed by atoms with E-state index in [1.165, 1.54) is 0 Å². The van der Waals surface area contributed by atoms with E-state index in [4.69, 9.17) is 0 Å². The molecular weight excluding hydrogens is 321 g/mol. The molecule has 3 rings (SSSR count). The molecule has 0 saturated carbocycles. The molecule has 124 valence electrons. The van der Waals surface area contributed by atoms with Crippen molar-refractivity contribution in [3.63, 3.8) is 0 Å². The molecule has 1 amide bonds. The van der Waals surface area contributed by atoms with Crippen LogP contribution in [0.3, 0.4) is 0 Å². The summed E-state index contributed by atoms with van der Waals surface area (Å²) in [4.78, 5) is 17.1. The second-order valence-corrected chi connectivity index (χ2v) is 5.98. The molecule has 0 bridgehead atoms. The summed E-state index contributed by atoms with van der Waals surface area (Å²) in [6.45, 7) is 4.82. The lowest BCUT2D eigenvalue weighted by molar-refractivity contribution is -0.123. The summed E-state index contributed by atoms with van der Waals surface area (Å²) in [5, 5.41) is 3.42. The van der Waals surface area contributed by atoms with Gasteiger partial charge in [-0.1, -0.05) is 12.1 Å². The van der Waals surface area contributed by atoms with E-state index in [0.29, 0.717) is 11.9 Å². The number of amides is 1. The van der Waals surface area contributed by atoms with E-state index in [1.807, 2.05) is 17.0 Å². The first-order chi connectivity index (χ1) is 9.66. The van der Waals surface area contributed by atoms with Crippen molar-refractivity contribution in [2.45, 2.75) is 25.8 Å². The zero-order valence-corrected chi connectivity index (χ0v) is 14.8. The normalized spacial score (nSPS) is 23.9. The summed E-state index contributed by atoms with van der Waals surface area (Å²) in [5.41, 5.74) is 2.23. The minimum Gasteiger partial charge on any atom is -0.371 e. The summed E-state index contributed by atoms with van der Waals surface area (Å²) >= 11 is 0. The minimum atomic E-state index is 0. The predicted molar refractivity (Wildman–Crippen MR) is 96.7 cm³/mol. The lowest BCUT2D eigenvalue weighted by Gasteiger charge is -2.38. The molecule has 1 aromatic rings. The van der Waals surface area contributed by atoms with E-state index >= 15 is 0 Å². The molecule has 4 nitrogen and oxygen atoms in total. The summed E-state index contributed by atoms with van der Waals surface area (Å²) in [6, 6.07) is 8.66. The zero-order valence-electron chi connectivity index (χ0n) is 13.1. The number of likely N-dealkylation sites (N-methyl/N-ethyl adjacent to an activating group) is 1. The number of rotatable bonds is 1. The third-order valence-electron chi connectivity index (χ3n) is 4.48. The Morgan fingerprint density at radius 3 is 2.55 bits per heavy atom. The number of fused-ring (bicyclic) bond motifs is 1. The zero-order chi connectivity index (χ0) is 14.1. The van der Waals surface area contributed by atoms with E-state index in [2.05, 4.69) is 36.3 Å². The third kappa shape index (κ3) is 3.67. The van der Waals surface area contributed by atoms with Crippen LogP contribution >= 0.6 is 24.8 Å². The van der Waals surface area contributed by atoms with Gasteiger partial charge in [0.1, 0.15) is 0 Å². The van der Waals surface area contributed by atoms with Crippen LogP contribution in [0.25, 0.3) is 0 Å². The second-order valence-electron chi connectivity index (χ2n) is 5.98. The molecule has 0 unspecified atom stereocenters. The monoisotopic (exact) mass is 345 g/mol. The maximum absolute atomic E-state index is 12.8.